The van der Waals surface area contributed by atoms with E-state index in [0.29, 0.717) is 16.1 Å². The van der Waals surface area contributed by atoms with E-state index in [1.807, 2.05) is 36.2 Å². The highest BCUT2D eigenvalue weighted by Gasteiger charge is 2.33. The molecule has 0 radical (unpaired) electrons. The average Bonchev–Trinajstić information content (AvgIpc) is 3.05. The number of carbonyl (C=O) groups excluding carboxylic acids is 1. The van der Waals surface area contributed by atoms with Gasteiger partial charge in [-0.1, -0.05) is 41.2 Å². The molecule has 0 bridgehead atoms. The molecule has 170 valence electrons. The number of ether oxygens (including phenoxy) is 1. The lowest BCUT2D eigenvalue weighted by Gasteiger charge is -2.24. The maximum atomic E-state index is 13.4. The molecule has 0 saturated heterocycles. The van der Waals surface area contributed by atoms with Gasteiger partial charge in [-0.2, -0.15) is 0 Å². The minimum Gasteiger partial charge on any atom is -0.494 e. The van der Waals surface area contributed by atoms with Crippen molar-refractivity contribution in [1.29, 1.82) is 0 Å². The summed E-state index contributed by atoms with van der Waals surface area (Å²) >= 11 is 0.997. The molecule has 11 heteroatoms. The summed E-state index contributed by atoms with van der Waals surface area (Å²) in [6.07, 6.45) is 1.18. The molecule has 0 unspecified atom stereocenters. The predicted octanol–water partition coefficient (Wildman–Crippen LogP) is 0.189. The van der Waals surface area contributed by atoms with Crippen molar-refractivity contribution in [2.45, 2.75) is 26.8 Å². The zero-order valence-electron chi connectivity index (χ0n) is 18.0. The molecule has 3 N–H and O–H groups in total. The van der Waals surface area contributed by atoms with Crippen molar-refractivity contribution in [3.8, 4) is 5.88 Å². The maximum absolute atomic E-state index is 13.4. The lowest BCUT2D eigenvalue weighted by atomic mass is 9.95. The number of benzene rings is 1. The first-order chi connectivity index (χ1) is 15.7. The summed E-state index contributed by atoms with van der Waals surface area (Å²) in [6.45, 7) is 5.45. The summed E-state index contributed by atoms with van der Waals surface area (Å²) in [7, 11) is 0. The van der Waals surface area contributed by atoms with Crippen LogP contribution in [0.15, 0.2) is 54.9 Å². The Balaban J connectivity index is 2.00. The van der Waals surface area contributed by atoms with Gasteiger partial charge in [0.05, 0.1) is 28.5 Å². The van der Waals surface area contributed by atoms with E-state index >= 15 is 0 Å². The highest BCUT2D eigenvalue weighted by Crippen LogP contribution is 2.30. The number of carbonyl (C=O) groups is 1. The van der Waals surface area contributed by atoms with Crippen LogP contribution in [0.25, 0.3) is 6.08 Å². The standard InChI is InChI=1S/C22H20N4O6S/c1-4-32-20(30)15-11(3)23-22-26(16(15)12-7-5-10(2)6-8-12)19(29)14(33-22)9-13-17(27)24-21(31)25-18(13)28/h5-9,16H,4H2,1-3H3,(H3,24,25,27,28,31)/b14-9-/t16-/m0/s1. The Kier molecular flexibility index (Phi) is 5.73. The van der Waals surface area contributed by atoms with Crippen molar-refractivity contribution in [2.75, 3.05) is 6.61 Å². The van der Waals surface area contributed by atoms with Gasteiger partial charge in [-0.05, 0) is 32.4 Å². The van der Waals surface area contributed by atoms with Gasteiger partial charge in [-0.15, -0.1) is 0 Å². The number of hydrogen-bond acceptors (Lipinski definition) is 8. The zero-order chi connectivity index (χ0) is 23.9. The first-order valence-electron chi connectivity index (χ1n) is 10.0. The number of thiazole rings is 1. The van der Waals surface area contributed by atoms with Crippen LogP contribution < -0.4 is 26.1 Å². The Bertz CT molecular complexity index is 1590. The van der Waals surface area contributed by atoms with Crippen LogP contribution in [-0.2, 0) is 9.53 Å². The second-order valence-corrected chi connectivity index (χ2v) is 8.39. The molecule has 0 saturated carbocycles. The fourth-order valence-corrected chi connectivity index (χ4v) is 4.63. The highest BCUT2D eigenvalue weighted by atomic mass is 32.1. The molecular weight excluding hydrogens is 448 g/mol. The minimum atomic E-state index is -0.870. The molecule has 10 nitrogen and oxygen atoms in total. The molecule has 3 heterocycles. The smallest absolute Gasteiger partial charge is 0.338 e. The summed E-state index contributed by atoms with van der Waals surface area (Å²) in [6, 6.07) is 6.62. The number of aromatic amines is 2. The van der Waals surface area contributed by atoms with Crippen molar-refractivity contribution in [1.82, 2.24) is 14.5 Å². The Labute approximate surface area is 189 Å². The van der Waals surface area contributed by atoms with Crippen LogP contribution in [0.4, 0.5) is 0 Å². The summed E-state index contributed by atoms with van der Waals surface area (Å²) in [5, 5.41) is 10.00. The quantitative estimate of drug-likeness (QED) is 0.466. The number of hydrogen-bond donors (Lipinski definition) is 3. The van der Waals surface area contributed by atoms with Gasteiger partial charge in [0, 0.05) is 0 Å². The molecule has 0 fully saturated rings. The third kappa shape index (κ3) is 3.98. The summed E-state index contributed by atoms with van der Waals surface area (Å²) in [5.41, 5.74) is -0.143. The summed E-state index contributed by atoms with van der Waals surface area (Å²) in [5.74, 6) is -1.23. The molecule has 2 aromatic heterocycles. The summed E-state index contributed by atoms with van der Waals surface area (Å²) < 4.78 is 6.70. The van der Waals surface area contributed by atoms with Crippen LogP contribution in [0, 0.1) is 6.92 Å². The minimum absolute atomic E-state index is 0.0941. The number of allylic oxidation sites excluding steroid dienone is 1. The van der Waals surface area contributed by atoms with E-state index < -0.39 is 34.7 Å². The molecular formula is C22H20N4O6S. The van der Waals surface area contributed by atoms with Gasteiger partial charge in [-0.25, -0.2) is 14.6 Å². The number of rotatable bonds is 4. The van der Waals surface area contributed by atoms with E-state index in [9.17, 15) is 24.3 Å². The largest absolute Gasteiger partial charge is 0.494 e. The fraction of sp³-hybridized carbons (Fsp3) is 0.227. The molecule has 33 heavy (non-hydrogen) atoms. The number of fused-ring (bicyclic) bond motifs is 1. The van der Waals surface area contributed by atoms with Crippen molar-refractivity contribution >= 4 is 23.4 Å². The second kappa shape index (κ2) is 8.51. The van der Waals surface area contributed by atoms with E-state index in [2.05, 4.69) is 9.98 Å². The molecule has 0 spiro atoms. The summed E-state index contributed by atoms with van der Waals surface area (Å²) in [4.78, 5) is 58.6. The number of aromatic nitrogens is 3. The lowest BCUT2D eigenvalue weighted by Crippen LogP contribution is -2.40. The first-order valence-corrected chi connectivity index (χ1v) is 10.8. The topological polar surface area (TPSA) is 147 Å². The van der Waals surface area contributed by atoms with Gasteiger partial charge >= 0.3 is 11.7 Å². The molecule has 3 aromatic rings. The van der Waals surface area contributed by atoms with Gasteiger partial charge in [0.2, 0.25) is 5.88 Å². The highest BCUT2D eigenvalue weighted by molar-refractivity contribution is 7.07. The number of esters is 1. The van der Waals surface area contributed by atoms with Crippen LogP contribution in [-0.4, -0.2) is 32.2 Å². The Morgan fingerprint density at radius 3 is 2.55 bits per heavy atom. The van der Waals surface area contributed by atoms with Gasteiger partial charge in [0.25, 0.3) is 11.1 Å². The van der Waals surface area contributed by atoms with Gasteiger partial charge in [-0.3, -0.25) is 24.1 Å². The van der Waals surface area contributed by atoms with Gasteiger partial charge in [0.1, 0.15) is 5.56 Å². The van der Waals surface area contributed by atoms with Crippen LogP contribution in [0.5, 0.6) is 5.88 Å². The SMILES string of the molecule is CCOC(=O)C1=C(C)N=c2s/c(=C\c3c(O)[nH]c(=O)[nH]c3=O)c(=O)n2[C@H]1c1ccc(C)cc1. The fourth-order valence-electron chi connectivity index (χ4n) is 3.60. The van der Waals surface area contributed by atoms with Crippen molar-refractivity contribution in [3.63, 3.8) is 0 Å². The lowest BCUT2D eigenvalue weighted by molar-refractivity contribution is -0.139. The van der Waals surface area contributed by atoms with Crippen LogP contribution in [0.1, 0.15) is 36.6 Å². The molecule has 1 aliphatic heterocycles. The molecule has 4 rings (SSSR count). The Hall–Kier alpha value is -3.99. The average molecular weight is 468 g/mol. The number of aryl methyl sites for hydroxylation is 1. The van der Waals surface area contributed by atoms with E-state index in [1.54, 1.807) is 13.8 Å². The number of aromatic hydroxyl groups is 1. The molecule has 1 aliphatic rings. The molecule has 1 atom stereocenters. The maximum Gasteiger partial charge on any atom is 0.338 e. The van der Waals surface area contributed by atoms with Crippen molar-refractivity contribution in [3.05, 3.63) is 92.8 Å². The molecule has 0 amide bonds. The van der Waals surface area contributed by atoms with Crippen LogP contribution in [0.2, 0.25) is 0 Å². The van der Waals surface area contributed by atoms with Gasteiger partial charge in [0.15, 0.2) is 4.80 Å². The van der Waals surface area contributed by atoms with E-state index in [0.717, 1.165) is 16.9 Å². The Morgan fingerprint density at radius 1 is 1.21 bits per heavy atom. The third-order valence-corrected chi connectivity index (χ3v) is 6.13. The van der Waals surface area contributed by atoms with E-state index in [4.69, 9.17) is 4.74 Å². The van der Waals surface area contributed by atoms with Crippen LogP contribution >= 0.6 is 11.3 Å². The normalized spacial score (nSPS) is 15.8. The third-order valence-electron chi connectivity index (χ3n) is 5.14. The van der Waals surface area contributed by atoms with E-state index in [-0.39, 0.29) is 22.3 Å². The number of nitrogens with zero attached hydrogens (tertiary/aromatic N) is 2. The number of H-pyrrole nitrogens is 2. The molecule has 1 aromatic carbocycles. The van der Waals surface area contributed by atoms with Crippen LogP contribution in [0.3, 0.4) is 0 Å². The monoisotopic (exact) mass is 468 g/mol. The zero-order valence-corrected chi connectivity index (χ0v) is 18.8. The second-order valence-electron chi connectivity index (χ2n) is 7.38. The number of nitrogens with one attached hydrogen (secondary N) is 2. The van der Waals surface area contributed by atoms with E-state index in [1.165, 1.54) is 10.6 Å². The van der Waals surface area contributed by atoms with Gasteiger partial charge < -0.3 is 9.84 Å². The van der Waals surface area contributed by atoms with Crippen molar-refractivity contribution in [2.24, 2.45) is 4.99 Å². The first kappa shape index (κ1) is 22.2. The predicted molar refractivity (Wildman–Crippen MR) is 121 cm³/mol. The molecule has 0 aliphatic carbocycles. The van der Waals surface area contributed by atoms with Crippen molar-refractivity contribution < 1.29 is 14.6 Å². The Morgan fingerprint density at radius 2 is 1.91 bits per heavy atom.